The predicted octanol–water partition coefficient (Wildman–Crippen LogP) is 4.44. The molecule has 0 aliphatic heterocycles. The van der Waals surface area contributed by atoms with E-state index in [0.717, 1.165) is 17.0 Å². The van der Waals surface area contributed by atoms with Gasteiger partial charge in [-0.3, -0.25) is 4.79 Å². The Bertz CT molecular complexity index is 638. The van der Waals surface area contributed by atoms with E-state index in [9.17, 15) is 4.79 Å². The van der Waals surface area contributed by atoms with E-state index >= 15 is 0 Å². The maximum Gasteiger partial charge on any atom is 0.321 e. The molecule has 0 unspecified atom stereocenters. The Balaban J connectivity index is 1.85. The van der Waals surface area contributed by atoms with Gasteiger partial charge in [-0.05, 0) is 32.0 Å². The van der Waals surface area contributed by atoms with Crippen molar-refractivity contribution >= 4 is 40.9 Å². The molecular formula is C14H13Cl2NO3S. The first-order valence-electron chi connectivity index (χ1n) is 6.12. The quantitative estimate of drug-likeness (QED) is 0.592. The molecule has 112 valence electrons. The van der Waals surface area contributed by atoms with Crippen LogP contribution in [-0.2, 0) is 10.5 Å². The van der Waals surface area contributed by atoms with Gasteiger partial charge in [-0.15, -0.1) is 11.8 Å². The molecular weight excluding hydrogens is 333 g/mol. The van der Waals surface area contributed by atoms with E-state index in [-0.39, 0.29) is 11.7 Å². The maximum absolute atomic E-state index is 11.8. The van der Waals surface area contributed by atoms with Gasteiger partial charge in [0.05, 0.1) is 16.5 Å². The molecule has 21 heavy (non-hydrogen) atoms. The normalized spacial score (nSPS) is 10.7. The first-order valence-corrected chi connectivity index (χ1v) is 8.03. The summed E-state index contributed by atoms with van der Waals surface area (Å²) in [4.78, 5) is 11.8. The number of nitrogens with zero attached hydrogens (tertiary/aromatic N) is 1. The van der Waals surface area contributed by atoms with Gasteiger partial charge in [0.1, 0.15) is 11.5 Å². The van der Waals surface area contributed by atoms with Crippen LogP contribution in [0, 0.1) is 13.8 Å². The Morgan fingerprint density at radius 2 is 2.14 bits per heavy atom. The molecule has 1 aromatic heterocycles. The molecule has 0 saturated carbocycles. The monoisotopic (exact) mass is 345 g/mol. The highest BCUT2D eigenvalue weighted by Gasteiger charge is 2.12. The van der Waals surface area contributed by atoms with Crippen LogP contribution in [0.15, 0.2) is 22.7 Å². The zero-order valence-corrected chi connectivity index (χ0v) is 13.8. The number of hydrogen-bond acceptors (Lipinski definition) is 5. The lowest BCUT2D eigenvalue weighted by atomic mass is 10.2. The van der Waals surface area contributed by atoms with Gasteiger partial charge < -0.3 is 9.26 Å². The number of hydrogen-bond donors (Lipinski definition) is 0. The lowest BCUT2D eigenvalue weighted by molar-refractivity contribution is -0.131. The average molecular weight is 346 g/mol. The van der Waals surface area contributed by atoms with Gasteiger partial charge in [0, 0.05) is 16.3 Å². The Morgan fingerprint density at radius 1 is 1.38 bits per heavy atom. The Morgan fingerprint density at radius 3 is 2.76 bits per heavy atom. The number of rotatable bonds is 5. The van der Waals surface area contributed by atoms with Crippen molar-refractivity contribution in [2.24, 2.45) is 0 Å². The van der Waals surface area contributed by atoms with Gasteiger partial charge in [0.15, 0.2) is 0 Å². The molecule has 1 heterocycles. The molecule has 7 heteroatoms. The molecule has 0 fully saturated rings. The summed E-state index contributed by atoms with van der Waals surface area (Å²) in [6.45, 7) is 3.72. The number of benzene rings is 1. The SMILES string of the molecule is Cc1noc(C)c1CSCC(=O)Oc1ccc(Cl)cc1Cl. The van der Waals surface area contributed by atoms with Crippen LogP contribution in [0.5, 0.6) is 5.75 Å². The Kier molecular flexibility index (Phi) is 5.56. The maximum atomic E-state index is 11.8. The molecule has 0 bridgehead atoms. The third kappa shape index (κ3) is 4.40. The molecule has 0 aliphatic rings. The number of halogens is 2. The first-order chi connectivity index (χ1) is 9.97. The van der Waals surface area contributed by atoms with Gasteiger partial charge in [-0.2, -0.15) is 0 Å². The van der Waals surface area contributed by atoms with E-state index in [0.29, 0.717) is 21.5 Å². The fourth-order valence-corrected chi connectivity index (χ4v) is 3.05. The smallest absolute Gasteiger partial charge is 0.321 e. The van der Waals surface area contributed by atoms with Crippen molar-refractivity contribution in [2.75, 3.05) is 5.75 Å². The number of esters is 1. The van der Waals surface area contributed by atoms with Gasteiger partial charge in [0.25, 0.3) is 0 Å². The van der Waals surface area contributed by atoms with Crippen LogP contribution in [-0.4, -0.2) is 16.9 Å². The van der Waals surface area contributed by atoms with Crippen LogP contribution in [0.2, 0.25) is 10.0 Å². The second kappa shape index (κ2) is 7.20. The summed E-state index contributed by atoms with van der Waals surface area (Å²) in [7, 11) is 0. The second-order valence-corrected chi connectivity index (χ2v) is 6.17. The third-order valence-electron chi connectivity index (χ3n) is 2.77. The fraction of sp³-hybridized carbons (Fsp3) is 0.286. The Hall–Kier alpha value is -1.17. The van der Waals surface area contributed by atoms with Crippen molar-refractivity contribution in [1.29, 1.82) is 0 Å². The average Bonchev–Trinajstić information content (AvgIpc) is 2.74. The summed E-state index contributed by atoms with van der Waals surface area (Å²) < 4.78 is 10.3. The lowest BCUT2D eigenvalue weighted by Gasteiger charge is -2.06. The van der Waals surface area contributed by atoms with Crippen molar-refractivity contribution < 1.29 is 14.1 Å². The molecule has 0 spiro atoms. The highest BCUT2D eigenvalue weighted by molar-refractivity contribution is 7.99. The van der Waals surface area contributed by atoms with E-state index in [2.05, 4.69) is 5.16 Å². The molecule has 2 rings (SSSR count). The molecule has 2 aromatic rings. The van der Waals surface area contributed by atoms with Gasteiger partial charge in [0.2, 0.25) is 0 Å². The van der Waals surface area contributed by atoms with Crippen LogP contribution < -0.4 is 4.74 Å². The van der Waals surface area contributed by atoms with Crippen LogP contribution >= 0.6 is 35.0 Å². The van der Waals surface area contributed by atoms with Gasteiger partial charge >= 0.3 is 5.97 Å². The van der Waals surface area contributed by atoms with Crippen molar-refractivity contribution in [3.63, 3.8) is 0 Å². The van der Waals surface area contributed by atoms with E-state index in [1.54, 1.807) is 12.1 Å². The molecule has 0 atom stereocenters. The van der Waals surface area contributed by atoms with Crippen molar-refractivity contribution in [3.05, 3.63) is 45.3 Å². The predicted molar refractivity (Wildman–Crippen MR) is 84.2 cm³/mol. The van der Waals surface area contributed by atoms with Crippen molar-refractivity contribution in [2.45, 2.75) is 19.6 Å². The zero-order valence-electron chi connectivity index (χ0n) is 11.5. The van der Waals surface area contributed by atoms with E-state index < -0.39 is 0 Å². The highest BCUT2D eigenvalue weighted by Crippen LogP contribution is 2.28. The largest absolute Gasteiger partial charge is 0.424 e. The molecule has 0 N–H and O–H groups in total. The third-order valence-corrected chi connectivity index (χ3v) is 4.23. The van der Waals surface area contributed by atoms with Crippen LogP contribution in [0.1, 0.15) is 17.0 Å². The number of aromatic nitrogens is 1. The number of thioether (sulfide) groups is 1. The molecule has 0 amide bonds. The summed E-state index contributed by atoms with van der Waals surface area (Å²) in [6.07, 6.45) is 0. The Labute approximate surface area is 136 Å². The lowest BCUT2D eigenvalue weighted by Crippen LogP contribution is -2.11. The minimum atomic E-state index is -0.365. The minimum Gasteiger partial charge on any atom is -0.424 e. The van der Waals surface area contributed by atoms with Crippen LogP contribution in [0.4, 0.5) is 0 Å². The van der Waals surface area contributed by atoms with Crippen LogP contribution in [0.25, 0.3) is 0 Å². The zero-order chi connectivity index (χ0) is 15.4. The standard InChI is InChI=1S/C14H13Cl2NO3S/c1-8-11(9(2)20-17-8)6-21-7-14(18)19-13-4-3-10(15)5-12(13)16/h3-5H,6-7H2,1-2H3. The first kappa shape index (κ1) is 16.2. The number of aryl methyl sites for hydroxylation is 2. The van der Waals surface area contributed by atoms with E-state index in [1.165, 1.54) is 17.8 Å². The highest BCUT2D eigenvalue weighted by atomic mass is 35.5. The molecule has 1 aromatic carbocycles. The number of carbonyl (C=O) groups excluding carboxylic acids is 1. The summed E-state index contributed by atoms with van der Waals surface area (Å²) in [5.41, 5.74) is 1.85. The summed E-state index contributed by atoms with van der Waals surface area (Å²) >= 11 is 13.2. The summed E-state index contributed by atoms with van der Waals surface area (Å²) in [5.74, 6) is 1.57. The topological polar surface area (TPSA) is 52.3 Å². The molecule has 4 nitrogen and oxygen atoms in total. The number of carbonyl (C=O) groups is 1. The molecule has 0 saturated heterocycles. The van der Waals surface area contributed by atoms with E-state index in [1.807, 2.05) is 13.8 Å². The summed E-state index contributed by atoms with van der Waals surface area (Å²) in [5, 5.41) is 4.67. The molecule has 0 aliphatic carbocycles. The number of ether oxygens (including phenoxy) is 1. The van der Waals surface area contributed by atoms with E-state index in [4.69, 9.17) is 32.5 Å². The second-order valence-electron chi connectivity index (χ2n) is 4.34. The van der Waals surface area contributed by atoms with Crippen molar-refractivity contribution in [3.8, 4) is 5.75 Å². The minimum absolute atomic E-state index is 0.211. The summed E-state index contributed by atoms with van der Waals surface area (Å²) in [6, 6.07) is 4.72. The fourth-order valence-electron chi connectivity index (χ4n) is 1.65. The van der Waals surface area contributed by atoms with Crippen molar-refractivity contribution in [1.82, 2.24) is 5.16 Å². The van der Waals surface area contributed by atoms with Gasteiger partial charge in [-0.25, -0.2) is 0 Å². The van der Waals surface area contributed by atoms with Crippen LogP contribution in [0.3, 0.4) is 0 Å². The molecule has 0 radical (unpaired) electrons. The van der Waals surface area contributed by atoms with Gasteiger partial charge in [-0.1, -0.05) is 28.4 Å².